The second kappa shape index (κ2) is 3.60. The first-order valence-corrected chi connectivity index (χ1v) is 6.27. The molecule has 0 saturated heterocycles. The van der Waals surface area contributed by atoms with E-state index in [1.54, 1.807) is 11.3 Å². The molecule has 0 atom stereocenters. The predicted molar refractivity (Wildman–Crippen MR) is 64.2 cm³/mol. The van der Waals surface area contributed by atoms with Gasteiger partial charge in [-0.15, -0.1) is 11.3 Å². The molecule has 0 nitrogen and oxygen atoms in total. The van der Waals surface area contributed by atoms with Gasteiger partial charge >= 0.3 is 0 Å². The van der Waals surface area contributed by atoms with Gasteiger partial charge < -0.3 is 0 Å². The zero-order valence-electron chi connectivity index (χ0n) is 7.10. The number of hydrogen-bond acceptors (Lipinski definition) is 1. The molecule has 0 radical (unpaired) electrons. The van der Waals surface area contributed by atoms with E-state index in [0.29, 0.717) is 0 Å². The molecule has 0 spiro atoms. The maximum atomic E-state index is 6.09. The van der Waals surface area contributed by atoms with Crippen molar-refractivity contribution in [2.45, 2.75) is 12.3 Å². The molecule has 0 amide bonds. The Morgan fingerprint density at radius 2 is 2.23 bits per heavy atom. The lowest BCUT2D eigenvalue weighted by Crippen LogP contribution is -1.76. The van der Waals surface area contributed by atoms with E-state index in [0.717, 1.165) is 10.4 Å². The van der Waals surface area contributed by atoms with Crippen molar-refractivity contribution in [3.8, 4) is 0 Å². The van der Waals surface area contributed by atoms with Gasteiger partial charge in [0.05, 0.1) is 0 Å². The summed E-state index contributed by atoms with van der Waals surface area (Å²) in [5.41, 5.74) is 1.32. The van der Waals surface area contributed by atoms with Crippen LogP contribution in [0.5, 0.6) is 0 Å². The second-order valence-electron chi connectivity index (χ2n) is 2.94. The maximum absolute atomic E-state index is 6.09. The van der Waals surface area contributed by atoms with Crippen molar-refractivity contribution >= 4 is 49.0 Å². The number of fused-ring (bicyclic) bond motifs is 1. The summed E-state index contributed by atoms with van der Waals surface area (Å²) in [6.07, 6.45) is 0. The normalized spacial score (nSPS) is 11.0. The summed E-state index contributed by atoms with van der Waals surface area (Å²) in [5.74, 6) is 0. The van der Waals surface area contributed by atoms with Crippen molar-refractivity contribution in [2.24, 2.45) is 0 Å². The van der Waals surface area contributed by atoms with Crippen molar-refractivity contribution in [2.75, 3.05) is 0 Å². The molecule has 0 aliphatic carbocycles. The first-order valence-electron chi connectivity index (χ1n) is 3.96. The lowest BCUT2D eigenvalue weighted by atomic mass is 10.2. The monoisotopic (exact) mass is 274 g/mol. The Labute approximate surface area is 94.7 Å². The molecule has 0 aliphatic rings. The van der Waals surface area contributed by atoms with Crippen LogP contribution in [-0.4, -0.2) is 0 Å². The molecule has 68 valence electrons. The molecule has 0 unspecified atom stereocenters. The molecule has 1 aromatic heterocycles. The van der Waals surface area contributed by atoms with Gasteiger partial charge in [-0.25, -0.2) is 0 Å². The Hall–Kier alpha value is -0.0500. The molecule has 2 aromatic rings. The number of thiophene rings is 1. The van der Waals surface area contributed by atoms with Gasteiger partial charge in [0, 0.05) is 25.3 Å². The molecule has 0 saturated carbocycles. The van der Waals surface area contributed by atoms with Gasteiger partial charge in [-0.2, -0.15) is 0 Å². The Balaban J connectivity index is 2.83. The molecule has 3 heteroatoms. The SMILES string of the molecule is Cc1cc2c(Cl)ccc(CBr)c2s1. The molecule has 1 aromatic carbocycles. The minimum Gasteiger partial charge on any atom is -0.140 e. The summed E-state index contributed by atoms with van der Waals surface area (Å²) in [6, 6.07) is 6.19. The van der Waals surface area contributed by atoms with E-state index in [9.17, 15) is 0 Å². The minimum absolute atomic E-state index is 0.851. The lowest BCUT2D eigenvalue weighted by Gasteiger charge is -1.98. The van der Waals surface area contributed by atoms with Gasteiger partial charge in [0.25, 0.3) is 0 Å². The van der Waals surface area contributed by atoms with Crippen LogP contribution in [-0.2, 0) is 5.33 Å². The topological polar surface area (TPSA) is 0 Å². The molecule has 0 aliphatic heterocycles. The van der Waals surface area contributed by atoms with Crippen LogP contribution in [0.2, 0.25) is 5.02 Å². The zero-order chi connectivity index (χ0) is 9.42. The highest BCUT2D eigenvalue weighted by molar-refractivity contribution is 9.08. The molecule has 0 fully saturated rings. The van der Waals surface area contributed by atoms with Gasteiger partial charge in [0.2, 0.25) is 0 Å². The average molecular weight is 276 g/mol. The molecular weight excluding hydrogens is 268 g/mol. The molecule has 0 bridgehead atoms. The third-order valence-corrected chi connectivity index (χ3v) is 4.04. The third kappa shape index (κ3) is 1.63. The van der Waals surface area contributed by atoms with E-state index in [2.05, 4.69) is 35.0 Å². The largest absolute Gasteiger partial charge is 0.140 e. The first-order chi connectivity index (χ1) is 6.22. The second-order valence-corrected chi connectivity index (χ2v) is 5.16. The fraction of sp³-hybridized carbons (Fsp3) is 0.200. The Kier molecular flexibility index (Phi) is 2.63. The van der Waals surface area contributed by atoms with E-state index in [1.807, 2.05) is 6.07 Å². The number of hydrogen-bond donors (Lipinski definition) is 0. The number of benzene rings is 1. The summed E-state index contributed by atoms with van der Waals surface area (Å²) in [7, 11) is 0. The predicted octanol–water partition coefficient (Wildman–Crippen LogP) is 4.76. The number of rotatable bonds is 1. The van der Waals surface area contributed by atoms with Crippen LogP contribution in [0.15, 0.2) is 18.2 Å². The van der Waals surface area contributed by atoms with Crippen molar-refractivity contribution in [3.63, 3.8) is 0 Å². The van der Waals surface area contributed by atoms with E-state index in [4.69, 9.17) is 11.6 Å². The standard InChI is InChI=1S/C10H8BrClS/c1-6-4-8-9(12)3-2-7(5-11)10(8)13-6/h2-4H,5H2,1H3. The van der Waals surface area contributed by atoms with Crippen LogP contribution >= 0.6 is 38.9 Å². The van der Waals surface area contributed by atoms with Gasteiger partial charge in [-0.3, -0.25) is 0 Å². The molecule has 13 heavy (non-hydrogen) atoms. The highest BCUT2D eigenvalue weighted by Gasteiger charge is 2.06. The fourth-order valence-corrected chi connectivity index (χ4v) is 3.34. The zero-order valence-corrected chi connectivity index (χ0v) is 10.3. The van der Waals surface area contributed by atoms with Crippen LogP contribution < -0.4 is 0 Å². The highest BCUT2D eigenvalue weighted by Crippen LogP contribution is 2.34. The molecule has 1 heterocycles. The molecule has 2 rings (SSSR count). The van der Waals surface area contributed by atoms with Crippen LogP contribution in [0.3, 0.4) is 0 Å². The Morgan fingerprint density at radius 1 is 1.46 bits per heavy atom. The molecule has 0 N–H and O–H groups in total. The Morgan fingerprint density at radius 3 is 2.92 bits per heavy atom. The van der Waals surface area contributed by atoms with E-state index >= 15 is 0 Å². The summed E-state index contributed by atoms with van der Waals surface area (Å²) < 4.78 is 1.31. The number of aryl methyl sites for hydroxylation is 1. The van der Waals surface area contributed by atoms with Crippen LogP contribution in [0.25, 0.3) is 10.1 Å². The smallest absolute Gasteiger partial charge is 0.0493 e. The van der Waals surface area contributed by atoms with Crippen LogP contribution in [0, 0.1) is 6.92 Å². The highest BCUT2D eigenvalue weighted by atomic mass is 79.9. The summed E-state index contributed by atoms with van der Waals surface area (Å²) in [6.45, 7) is 2.11. The lowest BCUT2D eigenvalue weighted by molar-refractivity contribution is 1.51. The average Bonchev–Trinajstić information content (AvgIpc) is 2.48. The fourth-order valence-electron chi connectivity index (χ4n) is 1.37. The number of alkyl halides is 1. The van der Waals surface area contributed by atoms with Gasteiger partial charge in [-0.1, -0.05) is 33.6 Å². The Bertz CT molecular complexity index is 447. The van der Waals surface area contributed by atoms with Crippen molar-refractivity contribution in [1.82, 2.24) is 0 Å². The third-order valence-electron chi connectivity index (χ3n) is 1.98. The quantitative estimate of drug-likeness (QED) is 0.658. The van der Waals surface area contributed by atoms with Crippen molar-refractivity contribution in [1.29, 1.82) is 0 Å². The van der Waals surface area contributed by atoms with Crippen LogP contribution in [0.4, 0.5) is 0 Å². The van der Waals surface area contributed by atoms with Crippen molar-refractivity contribution in [3.05, 3.63) is 33.7 Å². The van der Waals surface area contributed by atoms with Crippen LogP contribution in [0.1, 0.15) is 10.4 Å². The van der Waals surface area contributed by atoms with Gasteiger partial charge in [-0.05, 0) is 24.6 Å². The van der Waals surface area contributed by atoms with E-state index in [1.165, 1.54) is 20.5 Å². The summed E-state index contributed by atoms with van der Waals surface area (Å²) in [5, 5.41) is 2.92. The maximum Gasteiger partial charge on any atom is 0.0493 e. The number of halogens is 2. The summed E-state index contributed by atoms with van der Waals surface area (Å²) >= 11 is 11.4. The van der Waals surface area contributed by atoms with Gasteiger partial charge in [0.15, 0.2) is 0 Å². The van der Waals surface area contributed by atoms with Crippen molar-refractivity contribution < 1.29 is 0 Å². The first kappa shape index (κ1) is 9.50. The summed E-state index contributed by atoms with van der Waals surface area (Å²) in [4.78, 5) is 1.31. The van der Waals surface area contributed by atoms with E-state index in [-0.39, 0.29) is 0 Å². The van der Waals surface area contributed by atoms with Gasteiger partial charge in [0.1, 0.15) is 0 Å². The minimum atomic E-state index is 0.851. The molecular formula is C10H8BrClS. The van der Waals surface area contributed by atoms with E-state index < -0.39 is 0 Å².